The average molecular weight is 431 g/mol. The second-order valence-electron chi connectivity index (χ2n) is 5.30. The van der Waals surface area contributed by atoms with Crippen molar-refractivity contribution in [2.24, 2.45) is 0 Å². The van der Waals surface area contributed by atoms with E-state index in [0.29, 0.717) is 11.4 Å². The van der Waals surface area contributed by atoms with Crippen LogP contribution in [0.4, 0.5) is 0 Å². The second kappa shape index (κ2) is 7.00. The Hall–Kier alpha value is -2.41. The van der Waals surface area contributed by atoms with Crippen LogP contribution < -0.4 is 10.3 Å². The van der Waals surface area contributed by atoms with Crippen molar-refractivity contribution in [1.29, 1.82) is 0 Å². The molecule has 0 aliphatic rings. The van der Waals surface area contributed by atoms with Crippen LogP contribution in [-0.4, -0.2) is 11.0 Å². The summed E-state index contributed by atoms with van der Waals surface area (Å²) < 4.78 is 6.44. The number of rotatable bonds is 3. The number of hydrogen-bond acceptors (Lipinski definition) is 3. The number of esters is 1. The molecule has 3 aromatic rings. The maximum Gasteiger partial charge on any atom is 0.349 e. The van der Waals surface area contributed by atoms with Crippen molar-refractivity contribution in [3.05, 3.63) is 85.8 Å². The molecular formula is C19H14INO3. The molecule has 0 saturated carbocycles. The Morgan fingerprint density at radius 1 is 0.917 bits per heavy atom. The molecule has 0 spiro atoms. The van der Waals surface area contributed by atoms with Crippen LogP contribution in [0.3, 0.4) is 0 Å². The van der Waals surface area contributed by atoms with Crippen molar-refractivity contribution in [2.75, 3.05) is 0 Å². The van der Waals surface area contributed by atoms with Gasteiger partial charge < -0.3 is 9.72 Å². The molecule has 1 aromatic heterocycles. The molecule has 1 heterocycles. The van der Waals surface area contributed by atoms with Gasteiger partial charge >= 0.3 is 5.97 Å². The Bertz CT molecular complexity index is 928. The highest BCUT2D eigenvalue weighted by Crippen LogP contribution is 2.23. The van der Waals surface area contributed by atoms with Crippen molar-refractivity contribution < 1.29 is 9.53 Å². The van der Waals surface area contributed by atoms with E-state index in [4.69, 9.17) is 4.74 Å². The van der Waals surface area contributed by atoms with Gasteiger partial charge in [-0.05, 0) is 77.0 Å². The molecule has 0 fully saturated rings. The number of pyridine rings is 1. The third-order valence-electron chi connectivity index (χ3n) is 3.52. The number of halogens is 1. The topological polar surface area (TPSA) is 59.2 Å². The predicted molar refractivity (Wildman–Crippen MR) is 101 cm³/mol. The molecule has 0 bridgehead atoms. The molecular weight excluding hydrogens is 417 g/mol. The minimum atomic E-state index is -0.668. The van der Waals surface area contributed by atoms with E-state index in [0.717, 1.165) is 11.1 Å². The van der Waals surface area contributed by atoms with Gasteiger partial charge in [0.2, 0.25) is 0 Å². The highest BCUT2D eigenvalue weighted by Gasteiger charge is 2.13. The van der Waals surface area contributed by atoms with E-state index in [9.17, 15) is 9.59 Å². The monoisotopic (exact) mass is 431 g/mol. The first-order valence-corrected chi connectivity index (χ1v) is 8.39. The first-order chi connectivity index (χ1) is 11.5. The highest BCUT2D eigenvalue weighted by atomic mass is 127. The van der Waals surface area contributed by atoms with Gasteiger partial charge in [-0.3, -0.25) is 4.79 Å². The number of H-pyrrole nitrogens is 1. The molecule has 24 heavy (non-hydrogen) atoms. The van der Waals surface area contributed by atoms with Gasteiger partial charge in [0.25, 0.3) is 5.56 Å². The SMILES string of the molecule is Cc1ccc(C(=O)Oc2ccc(-c3ccc(I)cc3)cc2)c(=O)[nH]1. The molecule has 0 radical (unpaired) electrons. The fraction of sp³-hybridized carbons (Fsp3) is 0.0526. The maximum atomic E-state index is 12.1. The van der Waals surface area contributed by atoms with E-state index in [1.54, 1.807) is 25.1 Å². The van der Waals surface area contributed by atoms with Gasteiger partial charge in [-0.15, -0.1) is 0 Å². The van der Waals surface area contributed by atoms with Crippen LogP contribution in [0.1, 0.15) is 16.1 Å². The lowest BCUT2D eigenvalue weighted by Gasteiger charge is -2.06. The van der Waals surface area contributed by atoms with Crippen LogP contribution >= 0.6 is 22.6 Å². The van der Waals surface area contributed by atoms with E-state index in [-0.39, 0.29) is 5.56 Å². The van der Waals surface area contributed by atoms with Gasteiger partial charge in [-0.1, -0.05) is 24.3 Å². The summed E-state index contributed by atoms with van der Waals surface area (Å²) >= 11 is 2.26. The Balaban J connectivity index is 1.77. The van der Waals surface area contributed by atoms with E-state index in [2.05, 4.69) is 27.6 Å². The second-order valence-corrected chi connectivity index (χ2v) is 6.55. The van der Waals surface area contributed by atoms with Crippen molar-refractivity contribution in [3.8, 4) is 16.9 Å². The van der Waals surface area contributed by atoms with Crippen molar-refractivity contribution in [2.45, 2.75) is 6.92 Å². The molecule has 0 aliphatic heterocycles. The largest absolute Gasteiger partial charge is 0.423 e. The lowest BCUT2D eigenvalue weighted by Crippen LogP contribution is -2.21. The molecule has 3 rings (SSSR count). The van der Waals surface area contributed by atoms with Crippen LogP contribution in [-0.2, 0) is 0 Å². The molecule has 5 heteroatoms. The fourth-order valence-corrected chi connectivity index (χ4v) is 2.61. The minimum absolute atomic E-state index is 0.0117. The van der Waals surface area contributed by atoms with E-state index in [1.807, 2.05) is 36.4 Å². The van der Waals surface area contributed by atoms with Crippen molar-refractivity contribution >= 4 is 28.6 Å². The molecule has 0 amide bonds. The zero-order valence-electron chi connectivity index (χ0n) is 12.9. The number of ether oxygens (including phenoxy) is 1. The van der Waals surface area contributed by atoms with Crippen LogP contribution in [0, 0.1) is 10.5 Å². The summed E-state index contributed by atoms with van der Waals surface area (Å²) in [6.07, 6.45) is 0. The molecule has 1 N–H and O–H groups in total. The van der Waals surface area contributed by atoms with Crippen LogP contribution in [0.25, 0.3) is 11.1 Å². The van der Waals surface area contributed by atoms with Crippen molar-refractivity contribution in [1.82, 2.24) is 4.98 Å². The van der Waals surface area contributed by atoms with Crippen LogP contribution in [0.2, 0.25) is 0 Å². The van der Waals surface area contributed by atoms with Gasteiger partial charge in [-0.25, -0.2) is 4.79 Å². The number of aryl methyl sites for hydroxylation is 1. The number of benzene rings is 2. The number of nitrogens with one attached hydrogen (secondary N) is 1. The van der Waals surface area contributed by atoms with Gasteiger partial charge in [0.05, 0.1) is 0 Å². The number of hydrogen-bond donors (Lipinski definition) is 1. The smallest absolute Gasteiger partial charge is 0.349 e. The third-order valence-corrected chi connectivity index (χ3v) is 4.24. The summed E-state index contributed by atoms with van der Waals surface area (Å²) in [7, 11) is 0. The van der Waals surface area contributed by atoms with Crippen LogP contribution in [0.5, 0.6) is 5.75 Å². The lowest BCUT2D eigenvalue weighted by molar-refractivity contribution is 0.0733. The number of carbonyl (C=O) groups excluding carboxylic acids is 1. The fourth-order valence-electron chi connectivity index (χ4n) is 2.25. The summed E-state index contributed by atoms with van der Waals surface area (Å²) in [5.41, 5.74) is 2.35. The Kier molecular flexibility index (Phi) is 4.80. The summed E-state index contributed by atoms with van der Waals surface area (Å²) in [5.74, 6) is -0.271. The lowest BCUT2D eigenvalue weighted by atomic mass is 10.1. The quantitative estimate of drug-likeness (QED) is 0.385. The standard InChI is InChI=1S/C19H14INO3/c1-12-2-11-17(18(22)21-12)19(23)24-16-9-5-14(6-10-16)13-3-7-15(20)8-4-13/h2-11H,1H3,(H,21,22). The number of carbonyl (C=O) groups is 1. The zero-order valence-corrected chi connectivity index (χ0v) is 15.0. The summed E-state index contributed by atoms with van der Waals surface area (Å²) in [6, 6.07) is 18.5. The highest BCUT2D eigenvalue weighted by molar-refractivity contribution is 14.1. The molecule has 2 aromatic carbocycles. The maximum absolute atomic E-state index is 12.1. The molecule has 120 valence electrons. The molecule has 4 nitrogen and oxygen atoms in total. The van der Waals surface area contributed by atoms with Gasteiger partial charge in [-0.2, -0.15) is 0 Å². The molecule has 0 saturated heterocycles. The average Bonchev–Trinajstić information content (AvgIpc) is 2.56. The molecule has 0 unspecified atom stereocenters. The van der Waals surface area contributed by atoms with Gasteiger partial charge in [0.15, 0.2) is 0 Å². The van der Waals surface area contributed by atoms with Gasteiger partial charge in [0.1, 0.15) is 11.3 Å². The summed E-state index contributed by atoms with van der Waals surface area (Å²) in [6.45, 7) is 1.75. The first kappa shape index (κ1) is 16.4. The first-order valence-electron chi connectivity index (χ1n) is 7.31. The van der Waals surface area contributed by atoms with E-state index >= 15 is 0 Å². The number of aromatic amines is 1. The molecule has 0 atom stereocenters. The van der Waals surface area contributed by atoms with E-state index in [1.165, 1.54) is 9.64 Å². The number of aromatic nitrogens is 1. The van der Waals surface area contributed by atoms with Crippen molar-refractivity contribution in [3.63, 3.8) is 0 Å². The summed E-state index contributed by atoms with van der Waals surface area (Å²) in [5, 5.41) is 0. The minimum Gasteiger partial charge on any atom is -0.423 e. The third kappa shape index (κ3) is 3.73. The van der Waals surface area contributed by atoms with Crippen LogP contribution in [0.15, 0.2) is 65.5 Å². The van der Waals surface area contributed by atoms with Gasteiger partial charge in [0, 0.05) is 9.26 Å². The Labute approximate surface area is 152 Å². The summed E-state index contributed by atoms with van der Waals surface area (Å²) in [4.78, 5) is 26.5. The van der Waals surface area contributed by atoms with E-state index < -0.39 is 11.5 Å². The zero-order chi connectivity index (χ0) is 17.1. The Morgan fingerprint density at radius 2 is 1.50 bits per heavy atom. The molecule has 0 aliphatic carbocycles. The normalized spacial score (nSPS) is 10.4. The predicted octanol–water partition coefficient (Wildman–Crippen LogP) is 4.17. The Morgan fingerprint density at radius 3 is 2.08 bits per heavy atom.